The van der Waals surface area contributed by atoms with Gasteiger partial charge >= 0.3 is 0 Å². The molecule has 1 aliphatic rings. The molecule has 5 heteroatoms. The first-order chi connectivity index (χ1) is 7.18. The fourth-order valence-corrected chi connectivity index (χ4v) is 2.07. The lowest BCUT2D eigenvalue weighted by Gasteiger charge is -2.17. The van der Waals surface area contributed by atoms with Crippen LogP contribution in [0.4, 0.5) is 0 Å². The number of rotatable bonds is 2. The van der Waals surface area contributed by atoms with Gasteiger partial charge in [0.25, 0.3) is 0 Å². The first-order valence-corrected chi connectivity index (χ1v) is 6.20. The summed E-state index contributed by atoms with van der Waals surface area (Å²) in [4.78, 5) is 0. The van der Waals surface area contributed by atoms with Crippen LogP contribution >= 0.6 is 31.9 Å². The van der Waals surface area contributed by atoms with Gasteiger partial charge in [-0.15, -0.1) is 0 Å². The van der Waals surface area contributed by atoms with Crippen molar-refractivity contribution < 1.29 is 14.3 Å². The van der Waals surface area contributed by atoms with Crippen LogP contribution in [0.3, 0.4) is 0 Å². The molecule has 15 heavy (non-hydrogen) atoms. The maximum atomic E-state index is 10.00. The summed E-state index contributed by atoms with van der Waals surface area (Å²) < 4.78 is 11.9. The standard InChI is InChI=1S/C10H10Br2O3/c11-7-4-8(15-10(7)12)9(13)6-2-1-3-14-5-6/h4-5,9,13H,1-3H2. The molecule has 0 aliphatic carbocycles. The summed E-state index contributed by atoms with van der Waals surface area (Å²) in [7, 11) is 0. The Morgan fingerprint density at radius 2 is 2.20 bits per heavy atom. The van der Waals surface area contributed by atoms with Crippen LogP contribution in [-0.2, 0) is 4.74 Å². The van der Waals surface area contributed by atoms with Crippen LogP contribution in [0.15, 0.2) is 31.5 Å². The number of furan rings is 1. The van der Waals surface area contributed by atoms with Crippen LogP contribution in [0.5, 0.6) is 0 Å². The number of hydrogen-bond donors (Lipinski definition) is 1. The third-order valence-corrected chi connectivity index (χ3v) is 3.96. The van der Waals surface area contributed by atoms with Crippen molar-refractivity contribution in [2.75, 3.05) is 6.61 Å². The Hall–Kier alpha value is -0.260. The molecule has 1 N–H and O–H groups in total. The fourth-order valence-electron chi connectivity index (χ4n) is 1.47. The second-order valence-electron chi connectivity index (χ2n) is 3.34. The molecule has 0 fully saturated rings. The van der Waals surface area contributed by atoms with Crippen molar-refractivity contribution in [3.8, 4) is 0 Å². The Balaban J connectivity index is 2.19. The summed E-state index contributed by atoms with van der Waals surface area (Å²) in [6, 6.07) is 1.75. The zero-order valence-corrected chi connectivity index (χ0v) is 11.0. The van der Waals surface area contributed by atoms with Crippen molar-refractivity contribution in [2.24, 2.45) is 0 Å². The van der Waals surface area contributed by atoms with E-state index in [2.05, 4.69) is 31.9 Å². The second kappa shape index (κ2) is 4.72. The predicted octanol–water partition coefficient (Wildman–Crippen LogP) is 3.53. The summed E-state index contributed by atoms with van der Waals surface area (Å²) in [6.45, 7) is 0.724. The monoisotopic (exact) mass is 336 g/mol. The van der Waals surface area contributed by atoms with Crippen LogP contribution in [0.25, 0.3) is 0 Å². The molecule has 1 aromatic rings. The Kier molecular flexibility index (Phi) is 3.53. The minimum atomic E-state index is -0.715. The van der Waals surface area contributed by atoms with E-state index in [1.807, 2.05) is 0 Å². The summed E-state index contributed by atoms with van der Waals surface area (Å²) in [6.07, 6.45) is 2.69. The van der Waals surface area contributed by atoms with Gasteiger partial charge in [0.1, 0.15) is 11.9 Å². The Labute approximate surface area is 104 Å². The molecule has 2 heterocycles. The van der Waals surface area contributed by atoms with Gasteiger partial charge in [-0.05, 0) is 50.8 Å². The van der Waals surface area contributed by atoms with Crippen molar-refractivity contribution in [1.29, 1.82) is 0 Å². The van der Waals surface area contributed by atoms with E-state index in [0.29, 0.717) is 10.4 Å². The predicted molar refractivity (Wildman–Crippen MR) is 62.3 cm³/mol. The molecule has 1 unspecified atom stereocenters. The van der Waals surface area contributed by atoms with E-state index >= 15 is 0 Å². The molecule has 1 atom stereocenters. The minimum absolute atomic E-state index is 0.519. The second-order valence-corrected chi connectivity index (χ2v) is 4.91. The molecule has 1 aromatic heterocycles. The van der Waals surface area contributed by atoms with E-state index in [4.69, 9.17) is 9.15 Å². The summed E-state index contributed by atoms with van der Waals surface area (Å²) >= 11 is 6.54. The largest absolute Gasteiger partial charge is 0.501 e. The zero-order valence-electron chi connectivity index (χ0n) is 7.87. The van der Waals surface area contributed by atoms with E-state index < -0.39 is 6.10 Å². The lowest BCUT2D eigenvalue weighted by molar-refractivity contribution is 0.151. The highest BCUT2D eigenvalue weighted by molar-refractivity contribution is 9.13. The topological polar surface area (TPSA) is 42.6 Å². The third-order valence-electron chi connectivity index (χ3n) is 2.25. The van der Waals surface area contributed by atoms with Crippen LogP contribution in [-0.4, -0.2) is 11.7 Å². The normalized spacial score (nSPS) is 18.2. The number of aliphatic hydroxyl groups excluding tert-OH is 1. The van der Waals surface area contributed by atoms with Gasteiger partial charge in [0.15, 0.2) is 4.67 Å². The van der Waals surface area contributed by atoms with Gasteiger partial charge < -0.3 is 14.3 Å². The first kappa shape index (κ1) is 11.2. The Bertz CT molecular complexity index is 365. The highest BCUT2D eigenvalue weighted by Crippen LogP contribution is 2.34. The van der Waals surface area contributed by atoms with E-state index in [9.17, 15) is 5.11 Å². The first-order valence-electron chi connectivity index (χ1n) is 4.62. The average Bonchev–Trinajstić information content (AvgIpc) is 2.59. The maximum Gasteiger partial charge on any atom is 0.183 e. The fraction of sp³-hybridized carbons (Fsp3) is 0.400. The van der Waals surface area contributed by atoms with Crippen molar-refractivity contribution in [3.63, 3.8) is 0 Å². The van der Waals surface area contributed by atoms with Gasteiger partial charge in [-0.1, -0.05) is 0 Å². The molecule has 2 rings (SSSR count). The highest BCUT2D eigenvalue weighted by atomic mass is 79.9. The van der Waals surface area contributed by atoms with Crippen molar-refractivity contribution in [2.45, 2.75) is 18.9 Å². The molecule has 1 aliphatic heterocycles. The number of ether oxygens (including phenoxy) is 1. The molecular weight excluding hydrogens is 328 g/mol. The summed E-state index contributed by atoms with van der Waals surface area (Å²) in [5, 5.41) is 10.00. The average molecular weight is 338 g/mol. The summed E-state index contributed by atoms with van der Waals surface area (Å²) in [5.41, 5.74) is 0.856. The molecule has 0 radical (unpaired) electrons. The Morgan fingerprint density at radius 3 is 2.73 bits per heavy atom. The quantitative estimate of drug-likeness (QED) is 0.897. The van der Waals surface area contributed by atoms with Crippen LogP contribution in [0, 0.1) is 0 Å². The molecule has 0 saturated carbocycles. The molecule has 3 nitrogen and oxygen atoms in total. The molecule has 0 saturated heterocycles. The van der Waals surface area contributed by atoms with Gasteiger partial charge in [-0.2, -0.15) is 0 Å². The number of hydrogen-bond acceptors (Lipinski definition) is 3. The molecule has 0 aromatic carbocycles. The van der Waals surface area contributed by atoms with Gasteiger partial charge in [-0.3, -0.25) is 0 Å². The van der Waals surface area contributed by atoms with Crippen LogP contribution in [0.1, 0.15) is 24.7 Å². The van der Waals surface area contributed by atoms with E-state index in [-0.39, 0.29) is 0 Å². The van der Waals surface area contributed by atoms with E-state index in [0.717, 1.165) is 29.5 Å². The van der Waals surface area contributed by atoms with Crippen molar-refractivity contribution >= 4 is 31.9 Å². The van der Waals surface area contributed by atoms with Crippen LogP contribution in [0.2, 0.25) is 0 Å². The SMILES string of the molecule is OC(C1=COCCC1)c1cc(Br)c(Br)o1. The zero-order chi connectivity index (χ0) is 10.8. The van der Waals surface area contributed by atoms with Gasteiger partial charge in [-0.25, -0.2) is 0 Å². The molecule has 0 spiro atoms. The molecular formula is C10H10Br2O3. The number of aliphatic hydroxyl groups is 1. The Morgan fingerprint density at radius 1 is 1.40 bits per heavy atom. The minimum Gasteiger partial charge on any atom is -0.501 e. The number of halogens is 2. The lowest BCUT2D eigenvalue weighted by atomic mass is 10.0. The molecule has 0 amide bonds. The van der Waals surface area contributed by atoms with Crippen LogP contribution < -0.4 is 0 Å². The third kappa shape index (κ3) is 2.46. The summed E-state index contributed by atoms with van der Waals surface area (Å²) in [5.74, 6) is 0.519. The lowest BCUT2D eigenvalue weighted by Crippen LogP contribution is -2.07. The van der Waals surface area contributed by atoms with Crippen molar-refractivity contribution in [1.82, 2.24) is 0 Å². The van der Waals surface area contributed by atoms with Crippen molar-refractivity contribution in [3.05, 3.63) is 32.8 Å². The van der Waals surface area contributed by atoms with E-state index in [1.54, 1.807) is 12.3 Å². The highest BCUT2D eigenvalue weighted by Gasteiger charge is 2.20. The van der Waals surface area contributed by atoms with Gasteiger partial charge in [0, 0.05) is 5.57 Å². The van der Waals surface area contributed by atoms with E-state index in [1.165, 1.54) is 0 Å². The molecule has 82 valence electrons. The smallest absolute Gasteiger partial charge is 0.183 e. The van der Waals surface area contributed by atoms with Gasteiger partial charge in [0.05, 0.1) is 17.3 Å². The molecule has 0 bridgehead atoms. The maximum absolute atomic E-state index is 10.00. The van der Waals surface area contributed by atoms with Gasteiger partial charge in [0.2, 0.25) is 0 Å².